The van der Waals surface area contributed by atoms with E-state index in [0.717, 1.165) is 50.5 Å². The summed E-state index contributed by atoms with van der Waals surface area (Å²) in [6.45, 7) is 7.59. The maximum atomic E-state index is 12.8. The van der Waals surface area contributed by atoms with E-state index in [0.29, 0.717) is 23.5 Å². The fourth-order valence-electron chi connectivity index (χ4n) is 9.51. The van der Waals surface area contributed by atoms with E-state index in [1.807, 2.05) is 0 Å². The number of fused-ring (bicyclic) bond motifs is 9. The molecule has 36 heavy (non-hydrogen) atoms. The van der Waals surface area contributed by atoms with E-state index in [1.165, 1.54) is 19.4 Å². The number of cyclic esters (lactones) is 2. The molecule has 0 aromatic carbocycles. The first-order valence-electron chi connectivity index (χ1n) is 13.6. The van der Waals surface area contributed by atoms with Crippen LogP contribution in [0.4, 0.5) is 0 Å². The molecule has 0 aromatic heterocycles. The summed E-state index contributed by atoms with van der Waals surface area (Å²) in [4.78, 5) is 48.9. The van der Waals surface area contributed by atoms with Gasteiger partial charge < -0.3 is 14.2 Å². The van der Waals surface area contributed by atoms with Crippen LogP contribution in [0.1, 0.15) is 79.1 Å². The first-order chi connectivity index (χ1) is 17.0. The fourth-order valence-corrected chi connectivity index (χ4v) is 9.51. The van der Waals surface area contributed by atoms with E-state index in [1.54, 1.807) is 0 Å². The zero-order valence-electron chi connectivity index (χ0n) is 21.6. The van der Waals surface area contributed by atoms with Crippen molar-refractivity contribution in [1.29, 1.82) is 0 Å². The van der Waals surface area contributed by atoms with Crippen molar-refractivity contribution in [3.63, 3.8) is 0 Å². The molecule has 1 saturated heterocycles. The maximum absolute atomic E-state index is 12.8. The van der Waals surface area contributed by atoms with E-state index in [4.69, 9.17) is 14.2 Å². The van der Waals surface area contributed by atoms with E-state index < -0.39 is 23.8 Å². The number of rotatable bonds is 2. The molecule has 4 fully saturated rings. The third-order valence-corrected chi connectivity index (χ3v) is 10.9. The largest absolute Gasteiger partial charge is 0.462 e. The Hall–Kier alpha value is -2.44. The maximum Gasteiger partial charge on any atom is 0.318 e. The summed E-state index contributed by atoms with van der Waals surface area (Å²) < 4.78 is 16.4. The average Bonchev–Trinajstić information content (AvgIpc) is 3.26. The SMILES string of the molecule is CC(=O)OC1=C2[C@@H](C[C@H]3[C@@H]4CC=C5C[C@@H](OC(C)=O)CC[C@]5(C)[C@H]4CC[C@]23C)[C@H]2C(=O)OC(=O)[C@@H]2C1. The van der Waals surface area contributed by atoms with Crippen LogP contribution in [-0.4, -0.2) is 30.0 Å². The molecule has 0 unspecified atom stereocenters. The lowest BCUT2D eigenvalue weighted by Gasteiger charge is -2.57. The molecule has 1 heterocycles. The van der Waals surface area contributed by atoms with Crippen molar-refractivity contribution < 1.29 is 33.4 Å². The Labute approximate surface area is 212 Å². The van der Waals surface area contributed by atoms with Crippen LogP contribution >= 0.6 is 0 Å². The summed E-state index contributed by atoms with van der Waals surface area (Å²) in [5.41, 5.74) is 2.47. The molecule has 3 saturated carbocycles. The standard InChI is InChI=1S/C29H36O7/c1-14(30)34-17-7-9-28(3)16(11-17)5-6-18-21(28)8-10-29(4)22(18)12-19-24-20(26(32)36-27(24)33)13-23(25(19)29)35-15(2)31/h5,17-22,24H,6-13H2,1-4H3/t17-,18+,19-,20+,21-,22-,24+,28-,29-/m0/s1. The van der Waals surface area contributed by atoms with Gasteiger partial charge in [-0.05, 0) is 78.6 Å². The van der Waals surface area contributed by atoms with Crippen LogP contribution in [-0.2, 0) is 33.4 Å². The van der Waals surface area contributed by atoms with Crippen LogP contribution in [0.15, 0.2) is 23.0 Å². The van der Waals surface area contributed by atoms with Crippen LogP contribution in [0.25, 0.3) is 0 Å². The van der Waals surface area contributed by atoms with Gasteiger partial charge in [0, 0.05) is 26.7 Å². The number of ether oxygens (including phenoxy) is 3. The third-order valence-electron chi connectivity index (χ3n) is 10.9. The molecule has 0 bridgehead atoms. The molecule has 9 atom stereocenters. The number of esters is 4. The van der Waals surface area contributed by atoms with Gasteiger partial charge in [-0.3, -0.25) is 19.2 Å². The van der Waals surface area contributed by atoms with Crippen LogP contribution in [0, 0.1) is 46.3 Å². The molecule has 0 N–H and O–H groups in total. The topological polar surface area (TPSA) is 96.0 Å². The Balaban J connectivity index is 1.36. The normalized spacial score (nSPS) is 44.9. The van der Waals surface area contributed by atoms with E-state index in [2.05, 4.69) is 19.9 Å². The first kappa shape index (κ1) is 23.9. The van der Waals surface area contributed by atoms with Gasteiger partial charge in [0.05, 0.1) is 11.8 Å². The van der Waals surface area contributed by atoms with Crippen molar-refractivity contribution >= 4 is 23.9 Å². The van der Waals surface area contributed by atoms with Crippen molar-refractivity contribution in [2.24, 2.45) is 46.3 Å². The molecule has 7 nitrogen and oxygen atoms in total. The highest BCUT2D eigenvalue weighted by Gasteiger charge is 2.65. The quantitative estimate of drug-likeness (QED) is 0.238. The monoisotopic (exact) mass is 496 g/mol. The summed E-state index contributed by atoms with van der Waals surface area (Å²) in [6.07, 6.45) is 9.23. The van der Waals surface area contributed by atoms with Crippen molar-refractivity contribution in [3.05, 3.63) is 23.0 Å². The second-order valence-electron chi connectivity index (χ2n) is 12.5. The highest BCUT2D eigenvalue weighted by molar-refractivity contribution is 5.97. The van der Waals surface area contributed by atoms with E-state index in [9.17, 15) is 19.2 Å². The number of allylic oxidation sites excluding steroid dienone is 3. The lowest BCUT2D eigenvalue weighted by molar-refractivity contribution is -0.154. The average molecular weight is 497 g/mol. The molecule has 5 aliphatic carbocycles. The number of carbonyl (C=O) groups excluding carboxylic acids is 4. The Kier molecular flexibility index (Phi) is 5.34. The molecule has 6 rings (SSSR count). The lowest BCUT2D eigenvalue weighted by atomic mass is 9.47. The lowest BCUT2D eigenvalue weighted by Crippen LogP contribution is -2.50. The highest BCUT2D eigenvalue weighted by Crippen LogP contribution is 2.70. The second kappa shape index (κ2) is 8.03. The predicted molar refractivity (Wildman–Crippen MR) is 128 cm³/mol. The highest BCUT2D eigenvalue weighted by atomic mass is 16.6. The zero-order chi connectivity index (χ0) is 25.6. The van der Waals surface area contributed by atoms with Gasteiger partial charge in [0.25, 0.3) is 0 Å². The molecule has 6 aliphatic rings. The summed E-state index contributed by atoms with van der Waals surface area (Å²) in [5, 5.41) is 0. The first-order valence-corrected chi connectivity index (χ1v) is 13.6. The predicted octanol–water partition coefficient (Wildman–Crippen LogP) is 4.64. The molecular formula is C29H36O7. The van der Waals surface area contributed by atoms with Gasteiger partial charge >= 0.3 is 23.9 Å². The Morgan fingerprint density at radius 2 is 1.69 bits per heavy atom. The molecule has 1 aliphatic heterocycles. The van der Waals surface area contributed by atoms with Gasteiger partial charge in [-0.15, -0.1) is 0 Å². The molecule has 0 spiro atoms. The minimum atomic E-state index is -0.549. The van der Waals surface area contributed by atoms with Crippen LogP contribution in [0.3, 0.4) is 0 Å². The van der Waals surface area contributed by atoms with Crippen LogP contribution in [0.5, 0.6) is 0 Å². The smallest absolute Gasteiger partial charge is 0.318 e. The van der Waals surface area contributed by atoms with Crippen molar-refractivity contribution in [2.45, 2.75) is 85.2 Å². The van der Waals surface area contributed by atoms with Gasteiger partial charge in [0.1, 0.15) is 11.9 Å². The number of hydrogen-bond donors (Lipinski definition) is 0. The van der Waals surface area contributed by atoms with E-state index in [-0.39, 0.29) is 41.2 Å². The number of carbonyl (C=O) groups is 4. The van der Waals surface area contributed by atoms with Gasteiger partial charge in [0.15, 0.2) is 0 Å². The molecule has 194 valence electrons. The Morgan fingerprint density at radius 1 is 0.944 bits per heavy atom. The van der Waals surface area contributed by atoms with Gasteiger partial charge in [-0.2, -0.15) is 0 Å². The molecule has 0 radical (unpaired) electrons. The molecule has 0 aromatic rings. The third kappa shape index (κ3) is 3.30. The van der Waals surface area contributed by atoms with Crippen LogP contribution < -0.4 is 0 Å². The fraction of sp³-hybridized carbons (Fsp3) is 0.724. The molecular weight excluding hydrogens is 460 g/mol. The summed E-state index contributed by atoms with van der Waals surface area (Å²) in [6, 6.07) is 0. The van der Waals surface area contributed by atoms with Gasteiger partial charge in [0.2, 0.25) is 0 Å². The number of hydrogen-bond acceptors (Lipinski definition) is 7. The minimum absolute atomic E-state index is 0.0270. The van der Waals surface area contributed by atoms with Crippen molar-refractivity contribution in [2.75, 3.05) is 0 Å². The van der Waals surface area contributed by atoms with Gasteiger partial charge in [-0.25, -0.2) is 0 Å². The van der Waals surface area contributed by atoms with Crippen molar-refractivity contribution in [3.8, 4) is 0 Å². The second-order valence-corrected chi connectivity index (χ2v) is 12.5. The molecule has 0 amide bonds. The zero-order valence-corrected chi connectivity index (χ0v) is 21.6. The van der Waals surface area contributed by atoms with E-state index >= 15 is 0 Å². The van der Waals surface area contributed by atoms with Crippen molar-refractivity contribution in [1.82, 2.24) is 0 Å². The minimum Gasteiger partial charge on any atom is -0.462 e. The Morgan fingerprint density at radius 3 is 2.42 bits per heavy atom. The van der Waals surface area contributed by atoms with Gasteiger partial charge in [-0.1, -0.05) is 25.5 Å². The summed E-state index contributed by atoms with van der Waals surface area (Å²) in [5.74, 6) is -0.634. The molecule has 7 heteroatoms. The Bertz CT molecular complexity index is 1120. The van der Waals surface area contributed by atoms with Crippen LogP contribution in [0.2, 0.25) is 0 Å². The summed E-state index contributed by atoms with van der Waals surface area (Å²) >= 11 is 0. The summed E-state index contributed by atoms with van der Waals surface area (Å²) in [7, 11) is 0.